The van der Waals surface area contributed by atoms with Crippen LogP contribution in [0, 0.1) is 5.41 Å². The van der Waals surface area contributed by atoms with Gasteiger partial charge in [0.1, 0.15) is 11.6 Å². The lowest BCUT2D eigenvalue weighted by Crippen LogP contribution is -2.53. The molecule has 0 saturated carbocycles. The highest BCUT2D eigenvalue weighted by atomic mass is 16.7. The summed E-state index contributed by atoms with van der Waals surface area (Å²) in [5, 5.41) is 1.85. The van der Waals surface area contributed by atoms with Crippen LogP contribution in [-0.4, -0.2) is 40.4 Å². The number of piperidine rings is 2. The van der Waals surface area contributed by atoms with Gasteiger partial charge in [-0.1, -0.05) is 29.9 Å². The molecule has 2 aromatic carbocycles. The Morgan fingerprint density at radius 1 is 1.03 bits per heavy atom. The van der Waals surface area contributed by atoms with Gasteiger partial charge in [0.25, 0.3) is 0 Å². The summed E-state index contributed by atoms with van der Waals surface area (Å²) >= 11 is 0. The van der Waals surface area contributed by atoms with Crippen molar-refractivity contribution in [1.29, 1.82) is 0 Å². The van der Waals surface area contributed by atoms with Crippen LogP contribution in [0.25, 0.3) is 11.0 Å². The summed E-state index contributed by atoms with van der Waals surface area (Å²) in [6, 6.07) is 16.2. The maximum Gasteiger partial charge on any atom is 0.229 e. The smallest absolute Gasteiger partial charge is 0.229 e. The molecular formula is C27H30N6O2. The van der Waals surface area contributed by atoms with E-state index in [2.05, 4.69) is 32.5 Å². The zero-order chi connectivity index (χ0) is 23.8. The SMILES string of the molecule is CC1=CN(c2cccc(CN3CCCC4(CCN(c5cnc6ccccc6n5)CC4)C3=O)c2)NO1. The number of aromatic nitrogens is 2. The lowest BCUT2D eigenvalue weighted by atomic mass is 9.71. The maximum absolute atomic E-state index is 13.7. The quantitative estimate of drug-likeness (QED) is 0.614. The summed E-state index contributed by atoms with van der Waals surface area (Å²) in [5.41, 5.74) is 6.55. The van der Waals surface area contributed by atoms with E-state index in [1.54, 1.807) is 0 Å². The second-order valence-corrected chi connectivity index (χ2v) is 9.79. The number of para-hydroxylation sites is 2. The molecule has 1 aromatic heterocycles. The van der Waals surface area contributed by atoms with E-state index < -0.39 is 0 Å². The number of nitrogens with zero attached hydrogens (tertiary/aromatic N) is 5. The molecule has 6 rings (SSSR count). The number of hydrogen-bond donors (Lipinski definition) is 1. The van der Waals surface area contributed by atoms with E-state index in [1.165, 1.54) is 0 Å². The van der Waals surface area contributed by atoms with Gasteiger partial charge in [-0.3, -0.25) is 9.78 Å². The molecule has 180 valence electrons. The van der Waals surface area contributed by atoms with Crippen LogP contribution >= 0.6 is 0 Å². The number of anilines is 2. The van der Waals surface area contributed by atoms with E-state index in [0.717, 1.165) is 79.2 Å². The molecule has 35 heavy (non-hydrogen) atoms. The van der Waals surface area contributed by atoms with Crippen molar-refractivity contribution < 1.29 is 9.63 Å². The Morgan fingerprint density at radius 2 is 1.86 bits per heavy atom. The van der Waals surface area contributed by atoms with Crippen LogP contribution in [0.1, 0.15) is 38.2 Å². The molecule has 0 atom stereocenters. The van der Waals surface area contributed by atoms with Crippen molar-refractivity contribution in [1.82, 2.24) is 20.5 Å². The first-order valence-electron chi connectivity index (χ1n) is 12.3. The predicted molar refractivity (Wildman–Crippen MR) is 135 cm³/mol. The lowest BCUT2D eigenvalue weighted by molar-refractivity contribution is -0.148. The Bertz CT molecular complexity index is 1280. The predicted octanol–water partition coefficient (Wildman–Crippen LogP) is 4.16. The number of hydrazine groups is 1. The summed E-state index contributed by atoms with van der Waals surface area (Å²) in [6.45, 7) is 5.00. The fourth-order valence-electron chi connectivity index (χ4n) is 5.54. The summed E-state index contributed by atoms with van der Waals surface area (Å²) < 4.78 is 0. The van der Waals surface area contributed by atoms with Gasteiger partial charge in [0.15, 0.2) is 0 Å². The van der Waals surface area contributed by atoms with Crippen molar-refractivity contribution in [2.45, 2.75) is 39.2 Å². The summed E-state index contributed by atoms with van der Waals surface area (Å²) in [6.07, 6.45) is 7.50. The number of amides is 1. The van der Waals surface area contributed by atoms with Crippen molar-refractivity contribution in [2.75, 3.05) is 29.5 Å². The second kappa shape index (κ2) is 8.85. The number of rotatable bonds is 4. The van der Waals surface area contributed by atoms with Crippen LogP contribution < -0.4 is 15.5 Å². The van der Waals surface area contributed by atoms with E-state index >= 15 is 0 Å². The Morgan fingerprint density at radius 3 is 2.66 bits per heavy atom. The third kappa shape index (κ3) is 4.18. The van der Waals surface area contributed by atoms with Crippen LogP contribution in [-0.2, 0) is 16.2 Å². The Balaban J connectivity index is 1.14. The van der Waals surface area contributed by atoms with Crippen LogP contribution in [0.4, 0.5) is 11.5 Å². The molecule has 8 heteroatoms. The van der Waals surface area contributed by atoms with Gasteiger partial charge in [0, 0.05) is 26.2 Å². The van der Waals surface area contributed by atoms with Gasteiger partial charge in [0.2, 0.25) is 5.91 Å². The molecule has 0 unspecified atom stereocenters. The molecule has 0 radical (unpaired) electrons. The zero-order valence-corrected chi connectivity index (χ0v) is 20.0. The number of benzene rings is 2. The second-order valence-electron chi connectivity index (χ2n) is 9.79. The van der Waals surface area contributed by atoms with E-state index in [-0.39, 0.29) is 5.41 Å². The Labute approximate surface area is 205 Å². The van der Waals surface area contributed by atoms with Crippen molar-refractivity contribution >= 4 is 28.4 Å². The molecule has 8 nitrogen and oxygen atoms in total. The highest BCUT2D eigenvalue weighted by molar-refractivity contribution is 5.84. The number of allylic oxidation sites excluding steroid dienone is 1. The number of carbonyl (C=O) groups is 1. The zero-order valence-electron chi connectivity index (χ0n) is 20.0. The molecule has 2 fully saturated rings. The first-order valence-corrected chi connectivity index (χ1v) is 12.3. The van der Waals surface area contributed by atoms with Gasteiger partial charge in [-0.05, 0) is 62.4 Å². The van der Waals surface area contributed by atoms with Gasteiger partial charge < -0.3 is 14.6 Å². The van der Waals surface area contributed by atoms with E-state index in [0.29, 0.717) is 12.5 Å². The summed E-state index contributed by atoms with van der Waals surface area (Å²) in [4.78, 5) is 32.8. The largest absolute Gasteiger partial charge is 0.392 e. The monoisotopic (exact) mass is 470 g/mol. The first-order chi connectivity index (χ1) is 17.1. The van der Waals surface area contributed by atoms with Crippen LogP contribution in [0.2, 0.25) is 0 Å². The van der Waals surface area contributed by atoms with Crippen molar-refractivity contribution in [3.63, 3.8) is 0 Å². The normalized spacial score (nSPS) is 19.9. The molecule has 3 aromatic rings. The molecule has 3 aliphatic rings. The molecule has 1 spiro atoms. The van der Waals surface area contributed by atoms with Crippen molar-refractivity contribution in [3.8, 4) is 0 Å². The molecule has 1 N–H and O–H groups in total. The highest BCUT2D eigenvalue weighted by Gasteiger charge is 2.45. The highest BCUT2D eigenvalue weighted by Crippen LogP contribution is 2.42. The minimum Gasteiger partial charge on any atom is -0.392 e. The van der Waals surface area contributed by atoms with Crippen molar-refractivity contribution in [3.05, 3.63) is 72.3 Å². The van der Waals surface area contributed by atoms with Crippen LogP contribution in [0.3, 0.4) is 0 Å². The fraction of sp³-hybridized carbons (Fsp3) is 0.370. The maximum atomic E-state index is 13.7. The van der Waals surface area contributed by atoms with Gasteiger partial charge >= 0.3 is 0 Å². The lowest BCUT2D eigenvalue weighted by Gasteiger charge is -2.46. The standard InChI is InChI=1S/C27H30N6O2/c1-20-18-33(30-35-20)22-7-4-6-21(16-22)19-32-13-5-10-27(26(32)34)11-14-31(15-12-27)25-17-28-23-8-2-3-9-24(23)29-25/h2-4,6-9,16-18,30H,5,10-15,19H2,1H3. The van der Waals surface area contributed by atoms with E-state index in [9.17, 15) is 4.79 Å². The van der Waals surface area contributed by atoms with Gasteiger partial charge in [-0.2, -0.15) is 0 Å². The molecule has 0 aliphatic carbocycles. The third-order valence-electron chi connectivity index (χ3n) is 7.48. The number of fused-ring (bicyclic) bond motifs is 1. The average Bonchev–Trinajstić information content (AvgIpc) is 3.34. The Kier molecular flexibility index (Phi) is 5.53. The fourth-order valence-corrected chi connectivity index (χ4v) is 5.54. The molecule has 1 amide bonds. The van der Waals surface area contributed by atoms with Crippen LogP contribution in [0.15, 0.2) is 66.7 Å². The van der Waals surface area contributed by atoms with Gasteiger partial charge in [-0.15, -0.1) is 0 Å². The van der Waals surface area contributed by atoms with Crippen LogP contribution in [0.5, 0.6) is 0 Å². The van der Waals surface area contributed by atoms with E-state index in [4.69, 9.17) is 9.82 Å². The summed E-state index contributed by atoms with van der Waals surface area (Å²) in [7, 11) is 0. The first kappa shape index (κ1) is 21.9. The molecule has 0 bridgehead atoms. The molecule has 3 aliphatic heterocycles. The third-order valence-corrected chi connectivity index (χ3v) is 7.48. The number of carbonyl (C=O) groups excluding carboxylic acids is 1. The number of nitrogens with one attached hydrogen (secondary N) is 1. The average molecular weight is 471 g/mol. The molecule has 2 saturated heterocycles. The Hall–Kier alpha value is -3.65. The van der Waals surface area contributed by atoms with Crippen molar-refractivity contribution in [2.24, 2.45) is 5.41 Å². The van der Waals surface area contributed by atoms with Gasteiger partial charge in [0.05, 0.1) is 34.5 Å². The minimum atomic E-state index is -0.263. The topological polar surface area (TPSA) is 73.8 Å². The minimum absolute atomic E-state index is 0.263. The van der Waals surface area contributed by atoms with E-state index in [1.807, 2.05) is 60.7 Å². The number of likely N-dealkylation sites (tertiary alicyclic amines) is 1. The number of hydrogen-bond acceptors (Lipinski definition) is 7. The molecule has 4 heterocycles. The molecular weight excluding hydrogens is 440 g/mol. The summed E-state index contributed by atoms with van der Waals surface area (Å²) in [5.74, 6) is 2.01. The van der Waals surface area contributed by atoms with Gasteiger partial charge in [-0.25, -0.2) is 9.99 Å².